The smallest absolute Gasteiger partial charge is 0.369 e. The van der Waals surface area contributed by atoms with E-state index in [1.165, 1.54) is 18.3 Å². The van der Waals surface area contributed by atoms with E-state index >= 15 is 0 Å². The fourth-order valence-corrected chi connectivity index (χ4v) is 1.13. The van der Waals surface area contributed by atoms with E-state index in [0.717, 1.165) is 0 Å². The predicted octanol–water partition coefficient (Wildman–Crippen LogP) is -0.657. The highest BCUT2D eigenvalue weighted by Crippen LogP contribution is 2.24. The number of nitrogens with two attached hydrogens (primary N) is 1. The molecule has 1 rings (SSSR count). The van der Waals surface area contributed by atoms with Gasteiger partial charge in [0, 0.05) is 6.54 Å². The van der Waals surface area contributed by atoms with Gasteiger partial charge in [0.1, 0.15) is 12.3 Å². The highest BCUT2D eigenvalue weighted by atomic mass is 16.6. The monoisotopic (exact) mass is 213 g/mol. The third kappa shape index (κ3) is 2.46. The van der Waals surface area contributed by atoms with E-state index in [0.29, 0.717) is 0 Å². The Morgan fingerprint density at radius 2 is 2.27 bits per heavy atom. The second kappa shape index (κ2) is 4.78. The first-order valence-corrected chi connectivity index (χ1v) is 4.23. The molecule has 0 radical (unpaired) electrons. The van der Waals surface area contributed by atoms with Crippen LogP contribution in [0.25, 0.3) is 0 Å². The van der Waals surface area contributed by atoms with Gasteiger partial charge < -0.3 is 26.1 Å². The second-order valence-corrected chi connectivity index (χ2v) is 2.92. The Bertz CT molecular complexity index is 357. The number of hydrogen-bond donors (Lipinski definition) is 3. The van der Waals surface area contributed by atoms with E-state index < -0.39 is 22.9 Å². The average molecular weight is 213 g/mol. The van der Waals surface area contributed by atoms with Crippen LogP contribution in [0.15, 0.2) is 18.3 Å². The minimum atomic E-state index is -1.40. The lowest BCUT2D eigenvalue weighted by Crippen LogP contribution is -2.27. The molecule has 15 heavy (non-hydrogen) atoms. The van der Waals surface area contributed by atoms with Gasteiger partial charge in [0.05, 0.1) is 11.7 Å². The largest absolute Gasteiger partial charge is 0.389 e. The first-order valence-electron chi connectivity index (χ1n) is 4.23. The minimum absolute atomic E-state index is 0.0412. The molecule has 1 heterocycles. The molecule has 0 bridgehead atoms. The number of aliphatic hydroxyl groups excluding tert-OH is 2. The minimum Gasteiger partial charge on any atom is -0.389 e. The summed E-state index contributed by atoms with van der Waals surface area (Å²) in [7, 11) is 0. The van der Waals surface area contributed by atoms with Crippen molar-refractivity contribution in [2.24, 2.45) is 5.73 Å². The van der Waals surface area contributed by atoms with Gasteiger partial charge in [0.2, 0.25) is 0 Å². The number of nitro groups is 1. The molecule has 0 saturated carbocycles. The fraction of sp³-hybridized carbons (Fsp3) is 0.375. The van der Waals surface area contributed by atoms with Gasteiger partial charge in [-0.15, -0.1) is 0 Å². The Morgan fingerprint density at radius 1 is 1.60 bits per heavy atom. The molecule has 7 heteroatoms. The zero-order valence-electron chi connectivity index (χ0n) is 7.78. The average Bonchev–Trinajstić information content (AvgIpc) is 2.27. The first-order chi connectivity index (χ1) is 7.07. The highest BCUT2D eigenvalue weighted by Gasteiger charge is 2.25. The van der Waals surface area contributed by atoms with Crippen LogP contribution in [0.3, 0.4) is 0 Å². The molecule has 0 saturated heterocycles. The van der Waals surface area contributed by atoms with Crippen LogP contribution < -0.4 is 5.73 Å². The van der Waals surface area contributed by atoms with Crippen LogP contribution in [-0.2, 0) is 0 Å². The molecule has 2 unspecified atom stereocenters. The molecule has 0 spiro atoms. The maximum atomic E-state index is 10.6. The van der Waals surface area contributed by atoms with Crippen LogP contribution in [0.2, 0.25) is 0 Å². The Balaban J connectivity index is 3.07. The summed E-state index contributed by atoms with van der Waals surface area (Å²) in [5.74, 6) is -0.475. The van der Waals surface area contributed by atoms with E-state index in [9.17, 15) is 20.3 Å². The summed E-state index contributed by atoms with van der Waals surface area (Å²) < 4.78 is 0. The van der Waals surface area contributed by atoms with Crippen molar-refractivity contribution < 1.29 is 15.1 Å². The summed E-state index contributed by atoms with van der Waals surface area (Å²) in [5.41, 5.74) is 5.09. The molecule has 2 atom stereocenters. The molecule has 1 aromatic rings. The van der Waals surface area contributed by atoms with Gasteiger partial charge in [-0.2, -0.15) is 0 Å². The molecule has 0 aliphatic carbocycles. The van der Waals surface area contributed by atoms with Crippen molar-refractivity contribution in [3.63, 3.8) is 0 Å². The van der Waals surface area contributed by atoms with Crippen molar-refractivity contribution in [3.8, 4) is 0 Å². The van der Waals surface area contributed by atoms with Gasteiger partial charge in [0.25, 0.3) is 0 Å². The lowest BCUT2D eigenvalue weighted by Gasteiger charge is -2.15. The van der Waals surface area contributed by atoms with Crippen molar-refractivity contribution in [2.75, 3.05) is 6.54 Å². The summed E-state index contributed by atoms with van der Waals surface area (Å²) in [5, 5.41) is 29.4. The molecule has 0 aliphatic rings. The Labute approximate surface area is 85.3 Å². The number of aliphatic hydroxyl groups is 2. The van der Waals surface area contributed by atoms with Gasteiger partial charge in [0.15, 0.2) is 0 Å². The summed E-state index contributed by atoms with van der Waals surface area (Å²) in [6, 6.07) is 2.77. The summed E-state index contributed by atoms with van der Waals surface area (Å²) in [6.45, 7) is -0.187. The van der Waals surface area contributed by atoms with E-state index in [1.54, 1.807) is 0 Å². The Hall–Kier alpha value is -1.57. The first kappa shape index (κ1) is 11.5. The molecule has 0 aliphatic heterocycles. The maximum Gasteiger partial charge on any atom is 0.369 e. The van der Waals surface area contributed by atoms with E-state index in [4.69, 9.17) is 5.73 Å². The molecule has 4 N–H and O–H groups in total. The molecule has 0 aromatic carbocycles. The van der Waals surface area contributed by atoms with Crippen LogP contribution in [0.1, 0.15) is 11.7 Å². The maximum absolute atomic E-state index is 10.6. The van der Waals surface area contributed by atoms with Crippen LogP contribution in [0, 0.1) is 10.1 Å². The van der Waals surface area contributed by atoms with Crippen LogP contribution >= 0.6 is 0 Å². The van der Waals surface area contributed by atoms with Crippen LogP contribution in [0.4, 0.5) is 5.82 Å². The summed E-state index contributed by atoms with van der Waals surface area (Å²) in [6.07, 6.45) is -1.40. The van der Waals surface area contributed by atoms with E-state index in [-0.39, 0.29) is 12.1 Å². The van der Waals surface area contributed by atoms with Crippen molar-refractivity contribution in [1.29, 1.82) is 0 Å². The number of rotatable bonds is 4. The van der Waals surface area contributed by atoms with Gasteiger partial charge >= 0.3 is 5.82 Å². The fourth-order valence-electron chi connectivity index (χ4n) is 1.13. The normalized spacial score (nSPS) is 14.6. The van der Waals surface area contributed by atoms with E-state index in [2.05, 4.69) is 4.98 Å². The van der Waals surface area contributed by atoms with Crippen molar-refractivity contribution in [2.45, 2.75) is 12.2 Å². The lowest BCUT2D eigenvalue weighted by atomic mass is 10.1. The molecular weight excluding hydrogens is 202 g/mol. The van der Waals surface area contributed by atoms with Crippen molar-refractivity contribution >= 4 is 5.82 Å². The van der Waals surface area contributed by atoms with Crippen LogP contribution in [0.5, 0.6) is 0 Å². The SMILES string of the molecule is NCC(O)C(O)c1cccnc1[N+](=O)[O-]. The molecular formula is C8H11N3O4. The number of nitrogens with zero attached hydrogens (tertiary/aromatic N) is 2. The van der Waals surface area contributed by atoms with Crippen molar-refractivity contribution in [3.05, 3.63) is 34.0 Å². The molecule has 82 valence electrons. The quantitative estimate of drug-likeness (QED) is 0.451. The van der Waals surface area contributed by atoms with E-state index in [1.807, 2.05) is 0 Å². The number of pyridine rings is 1. The highest BCUT2D eigenvalue weighted by molar-refractivity contribution is 5.34. The third-order valence-electron chi connectivity index (χ3n) is 1.91. The molecule has 1 aromatic heterocycles. The standard InChI is InChI=1S/C8H11N3O4/c9-4-6(12)7(13)5-2-1-3-10-8(5)11(14)15/h1-3,6-7,12-13H,4,9H2. The Morgan fingerprint density at radius 3 is 2.80 bits per heavy atom. The number of hydrogen-bond acceptors (Lipinski definition) is 6. The Kier molecular flexibility index (Phi) is 3.67. The topological polar surface area (TPSA) is 123 Å². The van der Waals surface area contributed by atoms with Gasteiger partial charge in [-0.05, 0) is 22.0 Å². The summed E-state index contributed by atoms with van der Waals surface area (Å²) >= 11 is 0. The lowest BCUT2D eigenvalue weighted by molar-refractivity contribution is -0.391. The van der Waals surface area contributed by atoms with Gasteiger partial charge in [-0.1, -0.05) is 0 Å². The van der Waals surface area contributed by atoms with Gasteiger partial charge in [-0.3, -0.25) is 0 Å². The molecule has 7 nitrogen and oxygen atoms in total. The van der Waals surface area contributed by atoms with Crippen molar-refractivity contribution in [1.82, 2.24) is 4.98 Å². The molecule has 0 amide bonds. The zero-order chi connectivity index (χ0) is 11.4. The summed E-state index contributed by atoms with van der Waals surface area (Å²) in [4.78, 5) is 13.3. The van der Waals surface area contributed by atoms with Crippen LogP contribution in [-0.4, -0.2) is 32.8 Å². The van der Waals surface area contributed by atoms with Gasteiger partial charge in [-0.25, -0.2) is 0 Å². The second-order valence-electron chi connectivity index (χ2n) is 2.92. The number of aromatic nitrogens is 1. The molecule has 0 fully saturated rings. The predicted molar refractivity (Wildman–Crippen MR) is 50.9 cm³/mol. The zero-order valence-corrected chi connectivity index (χ0v) is 7.78. The third-order valence-corrected chi connectivity index (χ3v) is 1.91.